The zero-order valence-corrected chi connectivity index (χ0v) is 12.3. The molecule has 0 N–H and O–H groups in total. The Morgan fingerprint density at radius 3 is 2.26 bits per heavy atom. The second-order valence-corrected chi connectivity index (χ2v) is 6.80. The molecular weight excluding hydrogens is 237 g/mol. The van der Waals surface area contributed by atoms with Crippen molar-refractivity contribution in [3.05, 3.63) is 0 Å². The van der Waals surface area contributed by atoms with Crippen LogP contribution in [0.25, 0.3) is 0 Å². The normalized spacial score (nSPS) is 39.7. The first-order valence-corrected chi connectivity index (χ1v) is 8.26. The lowest BCUT2D eigenvalue weighted by Gasteiger charge is -2.42. The first kappa shape index (κ1) is 14.8. The summed E-state index contributed by atoms with van der Waals surface area (Å²) in [5, 5.41) is 8.93. The Kier molecular flexibility index (Phi) is 5.25. The van der Waals surface area contributed by atoms with Crippen LogP contribution in [0.2, 0.25) is 0 Å². The van der Waals surface area contributed by atoms with E-state index >= 15 is 4.39 Å². The van der Waals surface area contributed by atoms with Crippen LogP contribution < -0.4 is 0 Å². The highest BCUT2D eigenvalue weighted by molar-refractivity contribution is 4.96. The highest BCUT2D eigenvalue weighted by Gasteiger charge is 2.43. The topological polar surface area (TPSA) is 23.8 Å². The number of alkyl halides is 1. The van der Waals surface area contributed by atoms with Crippen LogP contribution in [0.4, 0.5) is 4.39 Å². The summed E-state index contributed by atoms with van der Waals surface area (Å²) in [6.45, 7) is 2.23. The summed E-state index contributed by atoms with van der Waals surface area (Å²) in [6.07, 6.45) is 11.3. The minimum atomic E-state index is -0.900. The highest BCUT2D eigenvalue weighted by atomic mass is 19.1. The van der Waals surface area contributed by atoms with Crippen molar-refractivity contribution in [3.63, 3.8) is 0 Å². The van der Waals surface area contributed by atoms with Gasteiger partial charge in [0.2, 0.25) is 0 Å². The zero-order valence-electron chi connectivity index (χ0n) is 12.3. The van der Waals surface area contributed by atoms with Gasteiger partial charge in [-0.05, 0) is 63.2 Å². The summed E-state index contributed by atoms with van der Waals surface area (Å²) < 4.78 is 15.1. The molecule has 2 aliphatic carbocycles. The molecule has 0 radical (unpaired) electrons. The average Bonchev–Trinajstić information content (AvgIpc) is 2.47. The maximum Gasteiger partial charge on any atom is 0.113 e. The van der Waals surface area contributed by atoms with Crippen LogP contribution in [0, 0.1) is 29.1 Å². The molecule has 19 heavy (non-hydrogen) atoms. The Morgan fingerprint density at radius 2 is 1.74 bits per heavy atom. The lowest BCUT2D eigenvalue weighted by molar-refractivity contribution is 0.000771. The quantitative estimate of drug-likeness (QED) is 0.667. The average molecular weight is 265 g/mol. The standard InChI is InChI=1S/C17H28FN/c1-2-3-4-14-9-11-17(18,12-10-14)16-7-5-15(13-19)6-8-16/h14-16H,2-12H2,1H3. The van der Waals surface area contributed by atoms with E-state index in [1.807, 2.05) is 0 Å². The van der Waals surface area contributed by atoms with Crippen molar-refractivity contribution < 1.29 is 4.39 Å². The van der Waals surface area contributed by atoms with Crippen molar-refractivity contribution in [3.8, 4) is 6.07 Å². The molecule has 0 spiro atoms. The molecular formula is C17H28FN. The van der Waals surface area contributed by atoms with Crippen LogP contribution >= 0.6 is 0 Å². The Bertz CT molecular complexity index is 304. The number of nitrogens with zero attached hydrogens (tertiary/aromatic N) is 1. The van der Waals surface area contributed by atoms with Crippen molar-refractivity contribution in [1.82, 2.24) is 0 Å². The van der Waals surface area contributed by atoms with Crippen LogP contribution in [0.15, 0.2) is 0 Å². The molecule has 2 fully saturated rings. The van der Waals surface area contributed by atoms with Gasteiger partial charge in [0.1, 0.15) is 5.67 Å². The molecule has 0 saturated heterocycles. The van der Waals surface area contributed by atoms with E-state index in [0.29, 0.717) is 0 Å². The largest absolute Gasteiger partial charge is 0.244 e. The van der Waals surface area contributed by atoms with Crippen LogP contribution in [0.5, 0.6) is 0 Å². The molecule has 2 heteroatoms. The fourth-order valence-corrected chi connectivity index (χ4v) is 4.09. The molecule has 0 bridgehead atoms. The molecule has 2 saturated carbocycles. The molecule has 1 nitrogen and oxygen atoms in total. The lowest BCUT2D eigenvalue weighted by atomic mass is 9.67. The van der Waals surface area contributed by atoms with E-state index in [-0.39, 0.29) is 11.8 Å². The molecule has 0 heterocycles. The molecule has 0 aromatic rings. The summed E-state index contributed by atoms with van der Waals surface area (Å²) in [5.74, 6) is 1.21. The third-order valence-corrected chi connectivity index (χ3v) is 5.54. The van der Waals surface area contributed by atoms with Gasteiger partial charge < -0.3 is 0 Å². The van der Waals surface area contributed by atoms with Crippen LogP contribution in [-0.2, 0) is 0 Å². The van der Waals surface area contributed by atoms with Crippen molar-refractivity contribution in [1.29, 1.82) is 5.26 Å². The maximum absolute atomic E-state index is 15.1. The third-order valence-electron chi connectivity index (χ3n) is 5.54. The van der Waals surface area contributed by atoms with Crippen molar-refractivity contribution in [2.45, 2.75) is 83.2 Å². The van der Waals surface area contributed by atoms with Gasteiger partial charge in [-0.3, -0.25) is 0 Å². The van der Waals surface area contributed by atoms with Gasteiger partial charge in [-0.15, -0.1) is 0 Å². The summed E-state index contributed by atoms with van der Waals surface area (Å²) in [4.78, 5) is 0. The lowest BCUT2D eigenvalue weighted by Crippen LogP contribution is -2.39. The molecule has 0 aromatic heterocycles. The van der Waals surface area contributed by atoms with E-state index in [1.165, 1.54) is 19.3 Å². The van der Waals surface area contributed by atoms with Gasteiger partial charge >= 0.3 is 0 Å². The number of nitriles is 1. The summed E-state index contributed by atoms with van der Waals surface area (Å²) in [5.41, 5.74) is -0.900. The monoisotopic (exact) mass is 265 g/mol. The molecule has 0 amide bonds. The van der Waals surface area contributed by atoms with Crippen molar-refractivity contribution in [2.75, 3.05) is 0 Å². The Hall–Kier alpha value is -0.580. The number of rotatable bonds is 4. The molecule has 0 aliphatic heterocycles. The molecule has 0 aromatic carbocycles. The van der Waals surface area contributed by atoms with Gasteiger partial charge in [-0.2, -0.15) is 5.26 Å². The molecule has 0 unspecified atom stereocenters. The van der Waals surface area contributed by atoms with E-state index in [2.05, 4.69) is 13.0 Å². The second kappa shape index (κ2) is 6.73. The number of hydrogen-bond donors (Lipinski definition) is 0. The smallest absolute Gasteiger partial charge is 0.113 e. The van der Waals surface area contributed by atoms with Crippen molar-refractivity contribution >= 4 is 0 Å². The fraction of sp³-hybridized carbons (Fsp3) is 0.941. The van der Waals surface area contributed by atoms with Gasteiger partial charge in [0.15, 0.2) is 0 Å². The predicted molar refractivity (Wildman–Crippen MR) is 76.4 cm³/mol. The zero-order chi connectivity index (χ0) is 13.7. The summed E-state index contributed by atoms with van der Waals surface area (Å²) in [7, 11) is 0. The van der Waals surface area contributed by atoms with E-state index in [0.717, 1.165) is 57.3 Å². The Balaban J connectivity index is 1.80. The molecule has 2 aliphatic rings. The summed E-state index contributed by atoms with van der Waals surface area (Å²) in [6, 6.07) is 2.35. The minimum absolute atomic E-state index is 0.195. The van der Waals surface area contributed by atoms with Crippen LogP contribution in [0.3, 0.4) is 0 Å². The highest BCUT2D eigenvalue weighted by Crippen LogP contribution is 2.47. The number of hydrogen-bond acceptors (Lipinski definition) is 1. The molecule has 2 rings (SSSR count). The SMILES string of the molecule is CCCCC1CCC(F)(C2CCC(C#N)CC2)CC1. The Labute approximate surface area is 117 Å². The predicted octanol–water partition coefficient (Wildman–Crippen LogP) is 5.41. The van der Waals surface area contributed by atoms with Gasteiger partial charge in [-0.1, -0.05) is 26.2 Å². The number of halogens is 1. The Morgan fingerprint density at radius 1 is 1.11 bits per heavy atom. The minimum Gasteiger partial charge on any atom is -0.244 e. The van der Waals surface area contributed by atoms with Crippen LogP contribution in [0.1, 0.15) is 77.6 Å². The maximum atomic E-state index is 15.1. The fourth-order valence-electron chi connectivity index (χ4n) is 4.09. The van der Waals surface area contributed by atoms with Gasteiger partial charge in [0.25, 0.3) is 0 Å². The second-order valence-electron chi connectivity index (χ2n) is 6.80. The molecule has 108 valence electrons. The van der Waals surface area contributed by atoms with E-state index in [1.54, 1.807) is 0 Å². The van der Waals surface area contributed by atoms with E-state index < -0.39 is 5.67 Å². The van der Waals surface area contributed by atoms with E-state index in [4.69, 9.17) is 5.26 Å². The number of unbranched alkanes of at least 4 members (excludes halogenated alkanes) is 1. The third kappa shape index (κ3) is 3.71. The van der Waals surface area contributed by atoms with Crippen molar-refractivity contribution in [2.24, 2.45) is 17.8 Å². The van der Waals surface area contributed by atoms with E-state index in [9.17, 15) is 0 Å². The van der Waals surface area contributed by atoms with Gasteiger partial charge in [-0.25, -0.2) is 4.39 Å². The van der Waals surface area contributed by atoms with Crippen LogP contribution in [-0.4, -0.2) is 5.67 Å². The molecule has 0 atom stereocenters. The first-order chi connectivity index (χ1) is 9.18. The summed E-state index contributed by atoms with van der Waals surface area (Å²) >= 11 is 0. The van der Waals surface area contributed by atoms with Gasteiger partial charge in [0.05, 0.1) is 6.07 Å². The van der Waals surface area contributed by atoms with Gasteiger partial charge in [0, 0.05) is 5.92 Å². The first-order valence-electron chi connectivity index (χ1n) is 8.26.